The monoisotopic (exact) mass is 316 g/mol. The number of hydrogen-bond donors (Lipinski definition) is 1. The van der Waals surface area contributed by atoms with Gasteiger partial charge in [0.25, 0.3) is 5.92 Å². The minimum atomic E-state index is -2.93. The third kappa shape index (κ3) is 2.62. The number of nitrogens with one attached hydrogen (secondary N) is 1. The van der Waals surface area contributed by atoms with Gasteiger partial charge in [-0.3, -0.25) is 0 Å². The highest BCUT2D eigenvalue weighted by atomic mass is 79.9. The Kier molecular flexibility index (Phi) is 3.83. The molecule has 0 amide bonds. The normalized spacial score (nSPS) is 22.2. The van der Waals surface area contributed by atoms with Crippen LogP contribution in [0.15, 0.2) is 22.7 Å². The second kappa shape index (κ2) is 5.21. The van der Waals surface area contributed by atoms with Crippen LogP contribution in [0.5, 0.6) is 5.75 Å². The Balaban J connectivity index is 2.26. The van der Waals surface area contributed by atoms with E-state index in [-0.39, 0.29) is 17.7 Å². The van der Waals surface area contributed by atoms with Crippen LogP contribution in [0.25, 0.3) is 0 Å². The number of halogens is 3. The molecule has 1 heterocycles. The van der Waals surface area contributed by atoms with Crippen LogP contribution < -0.4 is 10.1 Å². The van der Waals surface area contributed by atoms with Gasteiger partial charge in [0, 0.05) is 6.42 Å². The third-order valence-electron chi connectivity index (χ3n) is 2.76. The maximum Gasteiger partial charge on any atom is 0.296 e. The van der Waals surface area contributed by atoms with E-state index in [0.717, 1.165) is 0 Å². The number of ether oxygens (including phenoxy) is 1. The Morgan fingerprint density at radius 1 is 1.50 bits per heavy atom. The lowest BCUT2D eigenvalue weighted by molar-refractivity contribution is -0.109. The van der Waals surface area contributed by atoms with E-state index in [1.54, 1.807) is 18.2 Å². The van der Waals surface area contributed by atoms with E-state index in [9.17, 15) is 8.78 Å². The van der Waals surface area contributed by atoms with Crippen LogP contribution >= 0.6 is 15.9 Å². The van der Waals surface area contributed by atoms with Crippen molar-refractivity contribution in [2.75, 3.05) is 13.1 Å². The van der Waals surface area contributed by atoms with E-state index in [1.165, 1.54) is 0 Å². The zero-order chi connectivity index (χ0) is 13.2. The lowest BCUT2D eigenvalue weighted by atomic mass is 10.1. The molecule has 1 saturated heterocycles. The summed E-state index contributed by atoms with van der Waals surface area (Å²) in [5.74, 6) is -2.74. The van der Waals surface area contributed by atoms with Gasteiger partial charge in [-0.15, -0.1) is 0 Å². The van der Waals surface area contributed by atoms with Crippen molar-refractivity contribution in [1.82, 2.24) is 5.32 Å². The highest BCUT2D eigenvalue weighted by Gasteiger charge is 2.43. The Bertz CT molecular complexity index is 487. The van der Waals surface area contributed by atoms with Gasteiger partial charge in [0.15, 0.2) is 11.9 Å². The molecule has 1 aliphatic heterocycles. The number of benzene rings is 1. The second-order valence-corrected chi connectivity index (χ2v) is 4.92. The molecule has 0 radical (unpaired) electrons. The van der Waals surface area contributed by atoms with Crippen LogP contribution in [-0.2, 0) is 0 Å². The van der Waals surface area contributed by atoms with Crippen LogP contribution in [0, 0.1) is 11.3 Å². The molecule has 1 aliphatic rings. The summed E-state index contributed by atoms with van der Waals surface area (Å²) in [6.07, 6.45) is -0.997. The predicted octanol–water partition coefficient (Wildman–Crippen LogP) is 2.70. The fourth-order valence-electron chi connectivity index (χ4n) is 1.82. The van der Waals surface area contributed by atoms with E-state index in [0.29, 0.717) is 11.0 Å². The van der Waals surface area contributed by atoms with Gasteiger partial charge in [-0.25, -0.2) is 8.78 Å². The van der Waals surface area contributed by atoms with Gasteiger partial charge in [0.2, 0.25) is 0 Å². The SMILES string of the molecule is N#Cc1cccc(Br)c1OC1CCNCC1(F)F. The van der Waals surface area contributed by atoms with Crippen molar-refractivity contribution in [2.45, 2.75) is 18.4 Å². The first kappa shape index (κ1) is 13.2. The topological polar surface area (TPSA) is 45.0 Å². The van der Waals surface area contributed by atoms with Crippen molar-refractivity contribution >= 4 is 15.9 Å². The molecule has 0 spiro atoms. The molecule has 18 heavy (non-hydrogen) atoms. The molecule has 1 fully saturated rings. The van der Waals surface area contributed by atoms with Crippen molar-refractivity contribution in [3.63, 3.8) is 0 Å². The molecule has 6 heteroatoms. The lowest BCUT2D eigenvalue weighted by Crippen LogP contribution is -2.52. The van der Waals surface area contributed by atoms with E-state index < -0.39 is 18.6 Å². The summed E-state index contributed by atoms with van der Waals surface area (Å²) in [5.41, 5.74) is 0.249. The molecule has 0 saturated carbocycles. The maximum absolute atomic E-state index is 13.6. The highest BCUT2D eigenvalue weighted by molar-refractivity contribution is 9.10. The molecule has 0 aromatic heterocycles. The van der Waals surface area contributed by atoms with Gasteiger partial charge in [-0.05, 0) is 34.6 Å². The lowest BCUT2D eigenvalue weighted by Gasteiger charge is -2.32. The minimum absolute atomic E-state index is 0.187. The maximum atomic E-state index is 13.6. The molecular formula is C12H11BrF2N2O. The molecule has 0 bridgehead atoms. The average Bonchev–Trinajstić information content (AvgIpc) is 2.33. The smallest absolute Gasteiger partial charge is 0.296 e. The van der Waals surface area contributed by atoms with Crippen LogP contribution in [0.2, 0.25) is 0 Å². The number of nitriles is 1. The van der Waals surface area contributed by atoms with E-state index >= 15 is 0 Å². The molecule has 1 aromatic carbocycles. The summed E-state index contributed by atoms with van der Waals surface area (Å²) < 4.78 is 33.1. The van der Waals surface area contributed by atoms with Crippen LogP contribution in [0.1, 0.15) is 12.0 Å². The summed E-state index contributed by atoms with van der Waals surface area (Å²) in [6, 6.07) is 6.80. The molecule has 1 unspecified atom stereocenters. The number of alkyl halides is 2. The van der Waals surface area contributed by atoms with Crippen LogP contribution in [-0.4, -0.2) is 25.1 Å². The molecule has 1 aromatic rings. The molecule has 1 N–H and O–H groups in total. The molecular weight excluding hydrogens is 306 g/mol. The first-order valence-electron chi connectivity index (χ1n) is 5.48. The van der Waals surface area contributed by atoms with Gasteiger partial charge in [0.05, 0.1) is 16.6 Å². The third-order valence-corrected chi connectivity index (χ3v) is 3.39. The van der Waals surface area contributed by atoms with Gasteiger partial charge < -0.3 is 10.1 Å². The van der Waals surface area contributed by atoms with Gasteiger partial charge in [0.1, 0.15) is 6.07 Å². The zero-order valence-electron chi connectivity index (χ0n) is 9.42. The summed E-state index contributed by atoms with van der Waals surface area (Å²) in [6.45, 7) is 0.0800. The highest BCUT2D eigenvalue weighted by Crippen LogP contribution is 2.34. The molecule has 3 nitrogen and oxygen atoms in total. The van der Waals surface area contributed by atoms with Crippen molar-refractivity contribution < 1.29 is 13.5 Å². The number of nitrogens with zero attached hydrogens (tertiary/aromatic N) is 1. The minimum Gasteiger partial charge on any atom is -0.481 e. The second-order valence-electron chi connectivity index (χ2n) is 4.06. The summed E-state index contributed by atoms with van der Waals surface area (Å²) in [4.78, 5) is 0. The predicted molar refractivity (Wildman–Crippen MR) is 65.7 cm³/mol. The Morgan fingerprint density at radius 3 is 2.94 bits per heavy atom. The van der Waals surface area contributed by atoms with Crippen molar-refractivity contribution in [1.29, 1.82) is 5.26 Å². The van der Waals surface area contributed by atoms with Crippen molar-refractivity contribution in [2.24, 2.45) is 0 Å². The number of piperidine rings is 1. The van der Waals surface area contributed by atoms with Gasteiger partial charge >= 0.3 is 0 Å². The van der Waals surface area contributed by atoms with E-state index in [2.05, 4.69) is 21.2 Å². The number of hydrogen-bond acceptors (Lipinski definition) is 3. The van der Waals surface area contributed by atoms with Gasteiger partial charge in [-0.1, -0.05) is 6.07 Å². The van der Waals surface area contributed by atoms with Crippen molar-refractivity contribution in [3.05, 3.63) is 28.2 Å². The first-order chi connectivity index (χ1) is 8.54. The van der Waals surface area contributed by atoms with E-state index in [4.69, 9.17) is 10.00 Å². The largest absolute Gasteiger partial charge is 0.481 e. The number of rotatable bonds is 2. The molecule has 0 aliphatic carbocycles. The first-order valence-corrected chi connectivity index (χ1v) is 6.27. The fourth-order valence-corrected chi connectivity index (χ4v) is 2.28. The van der Waals surface area contributed by atoms with Gasteiger partial charge in [-0.2, -0.15) is 5.26 Å². The van der Waals surface area contributed by atoms with E-state index in [1.807, 2.05) is 6.07 Å². The summed E-state index contributed by atoms with van der Waals surface area (Å²) >= 11 is 3.22. The summed E-state index contributed by atoms with van der Waals surface area (Å²) in [5, 5.41) is 11.6. The standard InChI is InChI=1S/C12H11BrF2N2O/c13-9-3-1-2-8(6-16)11(9)18-10-4-5-17-7-12(10,14)15/h1-3,10,17H,4-5,7H2. The number of para-hydroxylation sites is 1. The quantitative estimate of drug-likeness (QED) is 0.912. The van der Waals surface area contributed by atoms with Crippen LogP contribution in [0.3, 0.4) is 0 Å². The Labute approximate surface area is 112 Å². The zero-order valence-corrected chi connectivity index (χ0v) is 11.0. The molecule has 2 rings (SSSR count). The average molecular weight is 317 g/mol. The molecule has 96 valence electrons. The van der Waals surface area contributed by atoms with Crippen LogP contribution in [0.4, 0.5) is 8.78 Å². The Morgan fingerprint density at radius 2 is 2.28 bits per heavy atom. The summed E-state index contributed by atoms with van der Waals surface area (Å²) in [7, 11) is 0. The molecule has 1 atom stereocenters. The van der Waals surface area contributed by atoms with Crippen molar-refractivity contribution in [3.8, 4) is 11.8 Å². The Hall–Kier alpha value is -1.19. The fraction of sp³-hybridized carbons (Fsp3) is 0.417.